The van der Waals surface area contributed by atoms with Gasteiger partial charge in [0, 0.05) is 318 Å². The second-order valence-electron chi connectivity index (χ2n) is 24.1. The molecule has 0 spiro atoms. The molecule has 0 aliphatic heterocycles. The van der Waals surface area contributed by atoms with Crippen LogP contribution in [-0.2, 0) is 0 Å². The van der Waals surface area contributed by atoms with E-state index in [0.717, 1.165) is 0 Å². The molecule has 0 fully saturated rings. The minimum atomic E-state index is 1.32. The van der Waals surface area contributed by atoms with E-state index >= 15 is 0 Å². The molecule has 0 amide bonds. The number of benzene rings is 20. The maximum absolute atomic E-state index is 2.91. The van der Waals surface area contributed by atoms with Crippen LogP contribution in [0.2, 0.25) is 0 Å². The van der Waals surface area contributed by atoms with Gasteiger partial charge in [0.05, 0.1) is 11.0 Å². The molecule has 67 heavy (non-hydrogen) atoms. The Morgan fingerprint density at radius 3 is 0.403 bits per heavy atom. The molecule has 0 N–H and O–H groups in total. The fourth-order valence-electron chi connectivity index (χ4n) is 23.3. The third kappa shape index (κ3) is 1.29. The molecule has 1 aromatic heterocycles. The molecule has 32 rings (SSSR count). The van der Waals surface area contributed by atoms with Gasteiger partial charge in [-0.2, -0.15) is 0 Å². The highest BCUT2D eigenvalue weighted by molar-refractivity contribution is 6.84. The molecular formula is C66H5N. The summed E-state index contributed by atoms with van der Waals surface area (Å²) in [7, 11) is 0. The molecule has 31 aromatic carbocycles. The predicted octanol–water partition coefficient (Wildman–Crippen LogP) is 19.1. The summed E-state index contributed by atoms with van der Waals surface area (Å²) >= 11 is 0. The number of pyridine rings is 1. The van der Waals surface area contributed by atoms with Crippen molar-refractivity contribution in [2.45, 2.75) is 0 Å². The third-order valence-electron chi connectivity index (χ3n) is 23.7. The van der Waals surface area contributed by atoms with Crippen LogP contribution in [0.25, 0.3) is 329 Å². The summed E-state index contributed by atoms with van der Waals surface area (Å²) in [5, 5.41) is 94.7. The van der Waals surface area contributed by atoms with Crippen LogP contribution in [0.5, 0.6) is 0 Å². The minimum absolute atomic E-state index is 1.32. The number of aromatic nitrogens is 1. The Bertz CT molecular complexity index is 7050. The zero-order chi connectivity index (χ0) is 39.3. The summed E-state index contributed by atoms with van der Waals surface area (Å²) in [4.78, 5) is 0. The first-order valence-corrected chi connectivity index (χ1v) is 24.8. The van der Waals surface area contributed by atoms with Crippen LogP contribution in [0.15, 0.2) is 30.3 Å². The van der Waals surface area contributed by atoms with Gasteiger partial charge in [-0.3, -0.25) is 0 Å². The molecule has 1 heteroatoms. The van der Waals surface area contributed by atoms with Gasteiger partial charge in [0.15, 0.2) is 0 Å². The fourth-order valence-corrected chi connectivity index (χ4v) is 23.3. The van der Waals surface area contributed by atoms with E-state index < -0.39 is 0 Å². The maximum atomic E-state index is 2.91. The van der Waals surface area contributed by atoms with E-state index in [4.69, 9.17) is 0 Å². The van der Waals surface area contributed by atoms with E-state index in [1.54, 1.807) is 312 Å². The van der Waals surface area contributed by atoms with E-state index in [1.165, 1.54) is 16.7 Å². The Morgan fingerprint density at radius 2 is 0.254 bits per heavy atom. The number of hydrogen-bond acceptors (Lipinski definition) is 0. The second kappa shape index (κ2) is 5.45. The van der Waals surface area contributed by atoms with Crippen LogP contribution in [0.1, 0.15) is 0 Å². The highest BCUT2D eigenvalue weighted by atomic mass is 15.0. The molecule has 32 aromatic rings. The van der Waals surface area contributed by atoms with Crippen molar-refractivity contribution in [1.82, 2.24) is 4.57 Å². The van der Waals surface area contributed by atoms with Crippen molar-refractivity contribution in [3.63, 3.8) is 0 Å². The molecule has 0 unspecified atom stereocenters. The Balaban J connectivity index is 1.28. The van der Waals surface area contributed by atoms with E-state index in [9.17, 15) is 0 Å². The van der Waals surface area contributed by atoms with Crippen LogP contribution in [0.4, 0.5) is 0 Å². The molecule has 0 bridgehead atoms. The fraction of sp³-hybridized carbons (Fsp3) is 0. The van der Waals surface area contributed by atoms with Gasteiger partial charge in [0.1, 0.15) is 0 Å². The number of nitrogens with zero attached hydrogens (tertiary/aromatic N) is 1. The van der Waals surface area contributed by atoms with Crippen molar-refractivity contribution in [3.8, 4) is 5.69 Å². The number of rotatable bonds is 1. The van der Waals surface area contributed by atoms with Crippen molar-refractivity contribution in [3.05, 3.63) is 30.3 Å². The lowest BCUT2D eigenvalue weighted by Gasteiger charge is -2.24. The topological polar surface area (TPSA) is 4.93 Å². The largest absolute Gasteiger partial charge is 0.308 e. The first kappa shape index (κ1) is 23.9. The van der Waals surface area contributed by atoms with Crippen molar-refractivity contribution >= 4 is 323 Å². The molecule has 0 saturated carbocycles. The van der Waals surface area contributed by atoms with E-state index in [-0.39, 0.29) is 0 Å². The lowest BCUT2D eigenvalue weighted by atomic mass is 9.84. The standard InChI is InChI=1S/C66H5N/c1-2-4-6(5-3-1)67-65-61-54-47-35-27-18-9-7-8-10-13(9)22-29(27)37-38-30(22)28-19(10)21-17-12(8)15-14-11(7)16-20(18)33(35)41-39-25(16)23(14)31-32-24(15)26(17)40-42-34(21)36(28)48-50(38)59(58(61)49(37)47)62-55(48)53(42)57-46(40)44(32)51-43(31)45(39)56(52(41)54)63(65)60(51)64(57)66(62)67/h1-5H. The van der Waals surface area contributed by atoms with Crippen LogP contribution < -0.4 is 0 Å². The Morgan fingerprint density at radius 1 is 0.134 bits per heavy atom. The van der Waals surface area contributed by atoms with Gasteiger partial charge in [-0.25, -0.2) is 0 Å². The lowest BCUT2D eigenvalue weighted by Crippen LogP contribution is -2.03. The molecule has 0 radical (unpaired) electrons. The highest BCUT2D eigenvalue weighted by Gasteiger charge is 2.51. The van der Waals surface area contributed by atoms with Crippen LogP contribution >= 0.6 is 0 Å². The monoisotopic (exact) mass is 811 g/mol. The zero-order valence-electron chi connectivity index (χ0n) is 33.8. The normalized spacial score (nSPS) is 17.3. The quantitative estimate of drug-likeness (QED) is 0.115. The number of para-hydroxylation sites is 1. The van der Waals surface area contributed by atoms with Crippen molar-refractivity contribution < 1.29 is 0 Å². The Kier molecular flexibility index (Phi) is 1.95. The Labute approximate surface area is 362 Å². The second-order valence-corrected chi connectivity index (χ2v) is 24.1. The molecule has 0 saturated heterocycles. The molecule has 1 nitrogen and oxygen atoms in total. The van der Waals surface area contributed by atoms with Crippen LogP contribution in [0.3, 0.4) is 0 Å². The highest BCUT2D eigenvalue weighted by Crippen LogP contribution is 2.80. The molecule has 1 heterocycles. The van der Waals surface area contributed by atoms with Gasteiger partial charge >= 0.3 is 0 Å². The number of hydrogen-bond donors (Lipinski definition) is 0. The first-order valence-electron chi connectivity index (χ1n) is 24.8. The summed E-state index contributed by atoms with van der Waals surface area (Å²) in [5.74, 6) is 0. The van der Waals surface area contributed by atoms with Gasteiger partial charge in [-0.05, 0) is 12.1 Å². The van der Waals surface area contributed by atoms with Crippen molar-refractivity contribution in [1.29, 1.82) is 0 Å². The average molecular weight is 812 g/mol. The predicted molar refractivity (Wildman–Crippen MR) is 289 cm³/mol. The van der Waals surface area contributed by atoms with Gasteiger partial charge < -0.3 is 4.57 Å². The molecule has 0 atom stereocenters. The first-order chi connectivity index (χ1) is 33.5. The van der Waals surface area contributed by atoms with E-state index in [1.807, 2.05) is 0 Å². The Hall–Kier alpha value is -8.78. The van der Waals surface area contributed by atoms with Gasteiger partial charge in [0.25, 0.3) is 0 Å². The summed E-state index contributed by atoms with van der Waals surface area (Å²) in [6.45, 7) is 0. The molecular weight excluding hydrogens is 807 g/mol. The summed E-state index contributed by atoms with van der Waals surface area (Å²) in [5.41, 5.74) is 4.33. The van der Waals surface area contributed by atoms with E-state index in [0.29, 0.717) is 0 Å². The van der Waals surface area contributed by atoms with Crippen LogP contribution in [0, 0.1) is 0 Å². The molecule has 274 valence electrons. The van der Waals surface area contributed by atoms with Crippen molar-refractivity contribution in [2.75, 3.05) is 0 Å². The van der Waals surface area contributed by atoms with E-state index in [2.05, 4.69) is 34.9 Å². The average Bonchev–Trinajstić information content (AvgIpc) is 4.21. The summed E-state index contributed by atoms with van der Waals surface area (Å²) < 4.78 is 2.91. The minimum Gasteiger partial charge on any atom is -0.308 e. The smallest absolute Gasteiger partial charge is 0.0632 e. The van der Waals surface area contributed by atoms with Crippen molar-refractivity contribution in [2.24, 2.45) is 0 Å². The van der Waals surface area contributed by atoms with Gasteiger partial charge in [0.2, 0.25) is 0 Å². The maximum Gasteiger partial charge on any atom is 0.0632 e. The summed E-state index contributed by atoms with van der Waals surface area (Å²) in [6.07, 6.45) is 0. The van der Waals surface area contributed by atoms with Gasteiger partial charge in [-0.15, -0.1) is 0 Å². The summed E-state index contributed by atoms with van der Waals surface area (Å²) in [6, 6.07) is 11.8. The lowest BCUT2D eigenvalue weighted by molar-refractivity contribution is 1.19. The van der Waals surface area contributed by atoms with Gasteiger partial charge in [-0.1, -0.05) is 18.2 Å². The van der Waals surface area contributed by atoms with Crippen LogP contribution in [-0.4, -0.2) is 4.57 Å². The SMILES string of the molecule is c1ccc(-n2c3c4c5c6c7c8c9c%10c%11c%12c%13c%10c%10c8c8c%14c%10c%10c%13c%13c%15c%12c%12c%16c%11c%11c9c7c7c9c%11c%16c%11c%16c%12c%15c%12c%15c%13c%10c%10c%14c(c4c86)c4c%10c%15c6c%12c%16c8c%11c9c(c75)c3c8c6c42)cc1. The molecule has 0 aliphatic rings. The number of fused-ring (bicyclic) bond motifs is 5. The molecule has 0 aliphatic carbocycles. The zero-order valence-corrected chi connectivity index (χ0v) is 33.8. The third-order valence-corrected chi connectivity index (χ3v) is 23.7.